The van der Waals surface area contributed by atoms with Gasteiger partial charge in [-0.15, -0.1) is 5.10 Å². The summed E-state index contributed by atoms with van der Waals surface area (Å²) in [4.78, 5) is 8.11. The molecule has 2 aromatic heterocycles. The standard InChI is InChI=1S/C14H10ClF2N5/c1-8-4-9(5-13(15)19-8)20-14-18-7-22(21-14)10-2-3-11(16)12(17)6-10/h2-7H,1H3,(H,19,20,21). The van der Waals surface area contributed by atoms with Crippen molar-refractivity contribution in [2.75, 3.05) is 5.32 Å². The SMILES string of the molecule is Cc1cc(Nc2ncn(-c3ccc(F)c(F)c3)n2)cc(Cl)n1. The third kappa shape index (κ3) is 3.04. The Morgan fingerprint density at radius 1 is 1.14 bits per heavy atom. The Morgan fingerprint density at radius 3 is 2.68 bits per heavy atom. The largest absolute Gasteiger partial charge is 0.323 e. The summed E-state index contributed by atoms with van der Waals surface area (Å²) in [5, 5.41) is 7.46. The van der Waals surface area contributed by atoms with Crippen molar-refractivity contribution >= 4 is 23.2 Å². The van der Waals surface area contributed by atoms with Crippen LogP contribution in [0.5, 0.6) is 0 Å². The molecule has 0 spiro atoms. The van der Waals surface area contributed by atoms with Crippen LogP contribution in [0.4, 0.5) is 20.4 Å². The summed E-state index contributed by atoms with van der Waals surface area (Å²) in [7, 11) is 0. The summed E-state index contributed by atoms with van der Waals surface area (Å²) in [5.41, 5.74) is 1.79. The Morgan fingerprint density at radius 2 is 1.95 bits per heavy atom. The van der Waals surface area contributed by atoms with Gasteiger partial charge in [0.15, 0.2) is 11.6 Å². The molecule has 0 amide bonds. The molecule has 5 nitrogen and oxygen atoms in total. The normalized spacial score (nSPS) is 10.7. The fourth-order valence-electron chi connectivity index (χ4n) is 1.90. The van der Waals surface area contributed by atoms with Gasteiger partial charge in [-0.05, 0) is 31.2 Å². The maximum atomic E-state index is 13.2. The van der Waals surface area contributed by atoms with Crippen LogP contribution in [0.1, 0.15) is 5.69 Å². The zero-order valence-corrected chi connectivity index (χ0v) is 12.1. The van der Waals surface area contributed by atoms with E-state index >= 15 is 0 Å². The fraction of sp³-hybridized carbons (Fsp3) is 0.0714. The molecule has 8 heteroatoms. The number of aryl methyl sites for hydroxylation is 1. The molecular weight excluding hydrogens is 312 g/mol. The average molecular weight is 322 g/mol. The zero-order chi connectivity index (χ0) is 15.7. The first-order valence-electron chi connectivity index (χ1n) is 6.29. The molecule has 22 heavy (non-hydrogen) atoms. The van der Waals surface area contributed by atoms with Gasteiger partial charge in [-0.1, -0.05) is 11.6 Å². The molecule has 0 aliphatic rings. The molecule has 1 aromatic carbocycles. The Balaban J connectivity index is 1.85. The summed E-state index contributed by atoms with van der Waals surface area (Å²) < 4.78 is 27.5. The van der Waals surface area contributed by atoms with Gasteiger partial charge in [0.25, 0.3) is 0 Å². The van der Waals surface area contributed by atoms with Crippen molar-refractivity contribution in [3.05, 3.63) is 59.1 Å². The van der Waals surface area contributed by atoms with Crippen molar-refractivity contribution in [2.24, 2.45) is 0 Å². The second-order valence-electron chi connectivity index (χ2n) is 4.56. The van der Waals surface area contributed by atoms with E-state index in [-0.39, 0.29) is 0 Å². The van der Waals surface area contributed by atoms with Crippen molar-refractivity contribution in [1.82, 2.24) is 19.7 Å². The van der Waals surface area contributed by atoms with E-state index in [9.17, 15) is 8.78 Å². The molecular formula is C14H10ClF2N5. The molecule has 0 saturated heterocycles. The number of aromatic nitrogens is 4. The second kappa shape index (κ2) is 5.69. The second-order valence-corrected chi connectivity index (χ2v) is 4.94. The van der Waals surface area contributed by atoms with E-state index in [0.29, 0.717) is 22.5 Å². The lowest BCUT2D eigenvalue weighted by atomic mass is 10.3. The molecule has 3 rings (SSSR count). The van der Waals surface area contributed by atoms with Crippen LogP contribution >= 0.6 is 11.6 Å². The van der Waals surface area contributed by atoms with Crippen LogP contribution in [0, 0.1) is 18.6 Å². The Labute approximate surface area is 129 Å². The van der Waals surface area contributed by atoms with Gasteiger partial charge in [-0.3, -0.25) is 0 Å². The molecule has 0 saturated carbocycles. The quantitative estimate of drug-likeness (QED) is 0.748. The first-order valence-corrected chi connectivity index (χ1v) is 6.67. The lowest BCUT2D eigenvalue weighted by Gasteiger charge is -2.04. The van der Waals surface area contributed by atoms with Crippen LogP contribution in [0.25, 0.3) is 5.69 Å². The van der Waals surface area contributed by atoms with E-state index in [2.05, 4.69) is 20.4 Å². The summed E-state index contributed by atoms with van der Waals surface area (Å²) in [6, 6.07) is 6.90. The minimum absolute atomic E-state index is 0.298. The Hall–Kier alpha value is -2.54. The number of benzene rings is 1. The molecule has 0 unspecified atom stereocenters. The van der Waals surface area contributed by atoms with E-state index in [4.69, 9.17) is 11.6 Å². The summed E-state index contributed by atoms with van der Waals surface area (Å²) in [6.07, 6.45) is 1.39. The van der Waals surface area contributed by atoms with Crippen LogP contribution in [-0.2, 0) is 0 Å². The van der Waals surface area contributed by atoms with Gasteiger partial charge in [0.05, 0.1) is 5.69 Å². The van der Waals surface area contributed by atoms with E-state index in [1.165, 1.54) is 17.1 Å². The van der Waals surface area contributed by atoms with Crippen LogP contribution in [-0.4, -0.2) is 19.7 Å². The van der Waals surface area contributed by atoms with Crippen LogP contribution in [0.2, 0.25) is 5.15 Å². The number of hydrogen-bond acceptors (Lipinski definition) is 4. The first-order chi connectivity index (χ1) is 10.5. The molecule has 0 atom stereocenters. The molecule has 0 radical (unpaired) electrons. The third-order valence-electron chi connectivity index (χ3n) is 2.84. The molecule has 3 aromatic rings. The highest BCUT2D eigenvalue weighted by atomic mass is 35.5. The van der Waals surface area contributed by atoms with Crippen molar-refractivity contribution in [3.8, 4) is 5.69 Å². The predicted octanol–water partition coefficient (Wildman–Crippen LogP) is 3.65. The van der Waals surface area contributed by atoms with Gasteiger partial charge in [0.1, 0.15) is 11.5 Å². The monoisotopic (exact) mass is 321 g/mol. The Bertz CT molecular complexity index is 814. The van der Waals surface area contributed by atoms with Gasteiger partial charge in [0.2, 0.25) is 5.95 Å². The summed E-state index contributed by atoms with van der Waals surface area (Å²) in [6.45, 7) is 1.81. The zero-order valence-electron chi connectivity index (χ0n) is 11.4. The predicted molar refractivity (Wildman–Crippen MR) is 78.5 cm³/mol. The van der Waals surface area contributed by atoms with Crippen LogP contribution in [0.15, 0.2) is 36.7 Å². The smallest absolute Gasteiger partial charge is 0.246 e. The first kappa shape index (κ1) is 14.4. The van der Waals surface area contributed by atoms with Gasteiger partial charge < -0.3 is 5.32 Å². The van der Waals surface area contributed by atoms with Gasteiger partial charge in [0, 0.05) is 17.4 Å². The van der Waals surface area contributed by atoms with E-state index in [1.54, 1.807) is 12.1 Å². The van der Waals surface area contributed by atoms with Crippen molar-refractivity contribution in [2.45, 2.75) is 6.92 Å². The van der Waals surface area contributed by atoms with Crippen molar-refractivity contribution in [3.63, 3.8) is 0 Å². The van der Waals surface area contributed by atoms with Gasteiger partial charge >= 0.3 is 0 Å². The maximum absolute atomic E-state index is 13.2. The molecule has 0 aliphatic carbocycles. The van der Waals surface area contributed by atoms with Crippen LogP contribution < -0.4 is 5.32 Å². The molecule has 2 heterocycles. The number of anilines is 2. The Kier molecular flexibility index (Phi) is 3.72. The highest BCUT2D eigenvalue weighted by Gasteiger charge is 2.07. The third-order valence-corrected chi connectivity index (χ3v) is 3.03. The van der Waals surface area contributed by atoms with Gasteiger partial charge in [-0.25, -0.2) is 18.4 Å². The van der Waals surface area contributed by atoms with Crippen molar-refractivity contribution < 1.29 is 8.78 Å². The number of hydrogen-bond donors (Lipinski definition) is 1. The lowest BCUT2D eigenvalue weighted by Crippen LogP contribution is -1.99. The van der Waals surface area contributed by atoms with E-state index in [1.807, 2.05) is 6.92 Å². The number of halogens is 3. The maximum Gasteiger partial charge on any atom is 0.246 e. The summed E-state index contributed by atoms with van der Waals surface area (Å²) >= 11 is 5.88. The van der Waals surface area contributed by atoms with Gasteiger partial charge in [-0.2, -0.15) is 4.98 Å². The number of nitrogens with one attached hydrogen (secondary N) is 1. The number of pyridine rings is 1. The molecule has 0 bridgehead atoms. The minimum Gasteiger partial charge on any atom is -0.323 e. The average Bonchev–Trinajstić information content (AvgIpc) is 2.89. The molecule has 112 valence electrons. The molecule has 0 aliphatic heterocycles. The van der Waals surface area contributed by atoms with E-state index < -0.39 is 11.6 Å². The number of nitrogens with zero attached hydrogens (tertiary/aromatic N) is 4. The van der Waals surface area contributed by atoms with Crippen molar-refractivity contribution in [1.29, 1.82) is 0 Å². The minimum atomic E-state index is -0.945. The van der Waals surface area contributed by atoms with Crippen LogP contribution in [0.3, 0.4) is 0 Å². The lowest BCUT2D eigenvalue weighted by molar-refractivity contribution is 0.507. The summed E-state index contributed by atoms with van der Waals surface area (Å²) in [5.74, 6) is -1.56. The topological polar surface area (TPSA) is 55.6 Å². The molecule has 1 N–H and O–H groups in total. The highest BCUT2D eigenvalue weighted by Crippen LogP contribution is 2.19. The fourth-order valence-corrected chi connectivity index (χ4v) is 2.15. The highest BCUT2D eigenvalue weighted by molar-refractivity contribution is 6.29. The molecule has 0 fully saturated rings. The number of rotatable bonds is 3. The van der Waals surface area contributed by atoms with E-state index in [0.717, 1.165) is 17.8 Å².